The highest BCUT2D eigenvalue weighted by Gasteiger charge is 2.81. The molecule has 0 bridgehead atoms. The van der Waals surface area contributed by atoms with Crippen molar-refractivity contribution in [3.05, 3.63) is 0 Å². The number of rotatable bonds is 1. The average Bonchev–Trinajstić information content (AvgIpc) is 2.70. The van der Waals surface area contributed by atoms with Crippen molar-refractivity contribution in [1.82, 2.24) is 10.2 Å². The van der Waals surface area contributed by atoms with Crippen molar-refractivity contribution in [2.75, 3.05) is 26.2 Å². The van der Waals surface area contributed by atoms with E-state index in [0.717, 1.165) is 11.3 Å². The molecule has 1 N–H and O–H groups in total. The van der Waals surface area contributed by atoms with E-state index in [9.17, 15) is 0 Å². The van der Waals surface area contributed by atoms with Crippen LogP contribution < -0.4 is 5.32 Å². The predicted octanol–water partition coefficient (Wildman–Crippen LogP) is 1.61. The minimum atomic E-state index is 0.645. The van der Waals surface area contributed by atoms with Crippen molar-refractivity contribution in [2.45, 2.75) is 44.1 Å². The van der Waals surface area contributed by atoms with Crippen LogP contribution in [0.2, 0.25) is 0 Å². The lowest BCUT2D eigenvalue weighted by Crippen LogP contribution is -2.47. The maximum absolute atomic E-state index is 3.68. The molecule has 1 spiro atoms. The van der Waals surface area contributed by atoms with E-state index >= 15 is 0 Å². The molecule has 2 nitrogen and oxygen atoms in total. The van der Waals surface area contributed by atoms with Crippen molar-refractivity contribution in [3.63, 3.8) is 0 Å². The van der Waals surface area contributed by atoms with Gasteiger partial charge in [-0.2, -0.15) is 0 Å². The molecule has 0 aromatic rings. The first-order valence-corrected chi connectivity index (χ1v) is 6.86. The first kappa shape index (κ1) is 9.00. The Hall–Kier alpha value is -0.0800. The molecular weight excluding hydrogens is 184 g/mol. The van der Waals surface area contributed by atoms with E-state index < -0.39 is 0 Å². The molecule has 4 aliphatic rings. The summed E-state index contributed by atoms with van der Waals surface area (Å²) in [7, 11) is 0. The van der Waals surface area contributed by atoms with Gasteiger partial charge in [-0.25, -0.2) is 0 Å². The topological polar surface area (TPSA) is 15.3 Å². The molecule has 0 aromatic carbocycles. The first-order chi connectivity index (χ1) is 7.40. The van der Waals surface area contributed by atoms with Gasteiger partial charge in [-0.1, -0.05) is 12.8 Å². The van der Waals surface area contributed by atoms with Crippen molar-refractivity contribution in [3.8, 4) is 0 Å². The van der Waals surface area contributed by atoms with Crippen LogP contribution in [0.3, 0.4) is 0 Å². The normalized spacial score (nSPS) is 54.0. The average molecular weight is 206 g/mol. The molecule has 2 aliphatic heterocycles. The fourth-order valence-electron chi connectivity index (χ4n) is 5.35. The van der Waals surface area contributed by atoms with Crippen molar-refractivity contribution in [2.24, 2.45) is 11.3 Å². The van der Waals surface area contributed by atoms with Crippen molar-refractivity contribution in [1.29, 1.82) is 0 Å². The highest BCUT2D eigenvalue weighted by molar-refractivity contribution is 5.35. The van der Waals surface area contributed by atoms with Gasteiger partial charge < -0.3 is 5.32 Å². The van der Waals surface area contributed by atoms with Crippen LogP contribution in [0.5, 0.6) is 0 Å². The molecule has 84 valence electrons. The lowest BCUT2D eigenvalue weighted by Gasteiger charge is -2.37. The van der Waals surface area contributed by atoms with Gasteiger partial charge in [0.05, 0.1) is 0 Å². The van der Waals surface area contributed by atoms with Crippen LogP contribution >= 0.6 is 0 Å². The molecule has 2 aliphatic carbocycles. The highest BCUT2D eigenvalue weighted by atomic mass is 15.3. The van der Waals surface area contributed by atoms with Gasteiger partial charge in [0.15, 0.2) is 0 Å². The van der Waals surface area contributed by atoms with Gasteiger partial charge in [0.25, 0.3) is 0 Å². The number of likely N-dealkylation sites (tertiary alicyclic amines) is 1. The summed E-state index contributed by atoms with van der Waals surface area (Å²) in [5.74, 6) is 1.07. The molecule has 2 saturated heterocycles. The molecule has 0 aromatic heterocycles. The van der Waals surface area contributed by atoms with E-state index in [4.69, 9.17) is 0 Å². The Bertz CT molecular complexity index is 280. The van der Waals surface area contributed by atoms with Crippen LogP contribution in [-0.4, -0.2) is 36.6 Å². The number of piperidine rings is 2. The second-order valence-corrected chi connectivity index (χ2v) is 6.18. The lowest BCUT2D eigenvalue weighted by atomic mass is 9.95. The van der Waals surface area contributed by atoms with Crippen LogP contribution in [0.25, 0.3) is 0 Å². The molecule has 3 atom stereocenters. The Balaban J connectivity index is 1.65. The first-order valence-electron chi connectivity index (χ1n) is 6.86. The number of hydrogen-bond donors (Lipinski definition) is 1. The van der Waals surface area contributed by atoms with Gasteiger partial charge in [0.2, 0.25) is 0 Å². The minimum absolute atomic E-state index is 0.645. The summed E-state index contributed by atoms with van der Waals surface area (Å²) in [5, 5.41) is 3.68. The molecule has 4 fully saturated rings. The summed E-state index contributed by atoms with van der Waals surface area (Å²) in [4.78, 5) is 2.88. The zero-order valence-corrected chi connectivity index (χ0v) is 9.60. The summed E-state index contributed by atoms with van der Waals surface area (Å²) in [6.07, 6.45) is 8.91. The maximum Gasteiger partial charge on any atom is 0.0440 e. The second kappa shape index (κ2) is 2.78. The van der Waals surface area contributed by atoms with Gasteiger partial charge >= 0.3 is 0 Å². The van der Waals surface area contributed by atoms with Gasteiger partial charge in [-0.05, 0) is 44.7 Å². The Morgan fingerprint density at radius 3 is 2.67 bits per heavy atom. The summed E-state index contributed by atoms with van der Waals surface area (Å²) in [6.45, 7) is 5.41. The third kappa shape index (κ3) is 0.861. The van der Waals surface area contributed by atoms with Crippen molar-refractivity contribution < 1.29 is 0 Å². The van der Waals surface area contributed by atoms with Gasteiger partial charge in [0, 0.05) is 24.0 Å². The molecule has 2 heteroatoms. The summed E-state index contributed by atoms with van der Waals surface area (Å²) < 4.78 is 0. The monoisotopic (exact) mass is 206 g/mol. The zero-order chi connectivity index (χ0) is 9.93. The Labute approximate surface area is 92.4 Å². The molecule has 0 radical (unpaired) electrons. The smallest absolute Gasteiger partial charge is 0.0440 e. The largest absolute Gasteiger partial charge is 0.314 e. The van der Waals surface area contributed by atoms with Gasteiger partial charge in [-0.3, -0.25) is 4.90 Å². The Morgan fingerprint density at radius 1 is 1.00 bits per heavy atom. The number of nitrogens with zero attached hydrogens (tertiary/aromatic N) is 1. The van der Waals surface area contributed by atoms with E-state index in [2.05, 4.69) is 10.2 Å². The summed E-state index contributed by atoms with van der Waals surface area (Å²) >= 11 is 0. The van der Waals surface area contributed by atoms with E-state index in [1.165, 1.54) is 64.7 Å². The zero-order valence-electron chi connectivity index (χ0n) is 9.60. The minimum Gasteiger partial charge on any atom is -0.314 e. The van der Waals surface area contributed by atoms with Crippen LogP contribution in [0.4, 0.5) is 0 Å². The third-order valence-electron chi connectivity index (χ3n) is 5.89. The molecular formula is C13H22N2. The number of hydrogen-bond acceptors (Lipinski definition) is 2. The van der Waals surface area contributed by atoms with Gasteiger partial charge in [0.1, 0.15) is 0 Å². The highest BCUT2D eigenvalue weighted by Crippen LogP contribution is 2.75. The van der Waals surface area contributed by atoms with Crippen LogP contribution in [0.1, 0.15) is 38.5 Å². The number of nitrogens with one attached hydrogen (secondary N) is 1. The molecule has 0 amide bonds. The number of fused-ring (bicyclic) bond motifs is 1. The SMILES string of the molecule is C1CCN([C@]23CNC[C@]24CCC[C@@H]43)CC1. The molecule has 4 rings (SSSR count). The van der Waals surface area contributed by atoms with Crippen LogP contribution in [-0.2, 0) is 0 Å². The molecule has 15 heavy (non-hydrogen) atoms. The Morgan fingerprint density at radius 2 is 1.87 bits per heavy atom. The molecule has 0 unspecified atom stereocenters. The molecule has 2 heterocycles. The fourth-order valence-corrected chi connectivity index (χ4v) is 5.35. The van der Waals surface area contributed by atoms with E-state index in [-0.39, 0.29) is 0 Å². The molecule has 2 saturated carbocycles. The van der Waals surface area contributed by atoms with Crippen molar-refractivity contribution >= 4 is 0 Å². The second-order valence-electron chi connectivity index (χ2n) is 6.18. The fraction of sp³-hybridized carbons (Fsp3) is 1.00. The quantitative estimate of drug-likeness (QED) is 0.701. The van der Waals surface area contributed by atoms with E-state index in [1.807, 2.05) is 0 Å². The third-order valence-corrected chi connectivity index (χ3v) is 5.89. The van der Waals surface area contributed by atoms with Crippen LogP contribution in [0, 0.1) is 11.3 Å². The van der Waals surface area contributed by atoms with E-state index in [0.29, 0.717) is 5.54 Å². The lowest BCUT2D eigenvalue weighted by molar-refractivity contribution is 0.116. The standard InChI is InChI=1S/C13H22N2/c1-2-7-15(8-3-1)13-10-14-9-12(13)6-4-5-11(12)13/h11,14H,1-10H2/t11-,12-,13-/m0/s1. The predicted molar refractivity (Wildman–Crippen MR) is 60.8 cm³/mol. The van der Waals surface area contributed by atoms with E-state index in [1.54, 1.807) is 0 Å². The summed E-state index contributed by atoms with van der Waals surface area (Å²) in [5.41, 5.74) is 1.38. The Kier molecular flexibility index (Phi) is 1.67. The summed E-state index contributed by atoms with van der Waals surface area (Å²) in [6, 6.07) is 0. The van der Waals surface area contributed by atoms with Gasteiger partial charge in [-0.15, -0.1) is 0 Å². The maximum atomic E-state index is 3.68. The van der Waals surface area contributed by atoms with Crippen LogP contribution in [0.15, 0.2) is 0 Å².